The van der Waals surface area contributed by atoms with Gasteiger partial charge >= 0.3 is 0 Å². The van der Waals surface area contributed by atoms with E-state index >= 15 is 0 Å². The monoisotopic (exact) mass is 554 g/mol. The van der Waals surface area contributed by atoms with Crippen molar-refractivity contribution in [2.75, 3.05) is 13.7 Å². The van der Waals surface area contributed by atoms with Crippen molar-refractivity contribution in [3.05, 3.63) is 77.2 Å². The summed E-state index contributed by atoms with van der Waals surface area (Å²) in [5.41, 5.74) is 2.34. The van der Waals surface area contributed by atoms with Crippen LogP contribution in [0.15, 0.2) is 59.6 Å². The van der Waals surface area contributed by atoms with E-state index in [1.807, 2.05) is 0 Å². The minimum absolute atomic E-state index is 0.0323. The van der Waals surface area contributed by atoms with Crippen LogP contribution >= 0.6 is 0 Å². The first-order valence-corrected chi connectivity index (χ1v) is 13.5. The molecule has 1 aliphatic heterocycles. The number of nitrogens with one attached hydrogen (secondary N) is 1. The zero-order valence-electron chi connectivity index (χ0n) is 21.0. The van der Waals surface area contributed by atoms with Crippen molar-refractivity contribution in [3.63, 3.8) is 0 Å². The highest BCUT2D eigenvalue weighted by Gasteiger charge is 2.30. The Morgan fingerprint density at radius 2 is 1.97 bits per heavy atom. The number of nitrogens with zero attached hydrogens (tertiary/aromatic N) is 3. The van der Waals surface area contributed by atoms with Crippen molar-refractivity contribution in [2.24, 2.45) is 0 Å². The molecule has 5 rings (SSSR count). The first kappa shape index (κ1) is 26.6. The average Bonchev–Trinajstić information content (AvgIpc) is 3.05. The number of fused-ring (bicyclic) bond motifs is 2. The molecular formula is C27H24F2N4O5S. The number of carbonyl (C=O) groups is 1. The zero-order chi connectivity index (χ0) is 27.7. The number of carbonyl (C=O) groups excluding carboxylic acids is 1. The summed E-state index contributed by atoms with van der Waals surface area (Å²) < 4.78 is 62.4. The van der Waals surface area contributed by atoms with Crippen LogP contribution in [0.3, 0.4) is 0 Å². The molecule has 0 saturated heterocycles. The molecule has 1 aliphatic rings. The molecule has 0 saturated carbocycles. The summed E-state index contributed by atoms with van der Waals surface area (Å²) in [6.45, 7) is 1.90. The molecule has 0 spiro atoms. The molecule has 0 fully saturated rings. The van der Waals surface area contributed by atoms with Crippen LogP contribution in [0.2, 0.25) is 0 Å². The van der Waals surface area contributed by atoms with Crippen molar-refractivity contribution in [1.29, 1.82) is 0 Å². The molecule has 0 unspecified atom stereocenters. The molecule has 1 amide bonds. The third kappa shape index (κ3) is 5.30. The molecule has 1 aromatic carbocycles. The van der Waals surface area contributed by atoms with E-state index in [-0.39, 0.29) is 36.1 Å². The Morgan fingerprint density at radius 3 is 2.74 bits per heavy atom. The zero-order valence-corrected chi connectivity index (χ0v) is 21.8. The van der Waals surface area contributed by atoms with Gasteiger partial charge in [0, 0.05) is 17.1 Å². The number of sulfone groups is 1. The Balaban J connectivity index is 1.37. The third-order valence-corrected chi connectivity index (χ3v) is 8.60. The highest BCUT2D eigenvalue weighted by Crippen LogP contribution is 2.31. The van der Waals surface area contributed by atoms with Gasteiger partial charge < -0.3 is 14.8 Å². The lowest BCUT2D eigenvalue weighted by Crippen LogP contribution is -2.24. The fourth-order valence-electron chi connectivity index (χ4n) is 4.23. The highest BCUT2D eigenvalue weighted by atomic mass is 32.2. The van der Waals surface area contributed by atoms with Gasteiger partial charge in [-0.1, -0.05) is 6.07 Å². The summed E-state index contributed by atoms with van der Waals surface area (Å²) in [7, 11) is -2.27. The maximum Gasteiger partial charge on any atom is 0.280 e. The van der Waals surface area contributed by atoms with E-state index in [0.29, 0.717) is 28.0 Å². The number of aromatic nitrogens is 3. The number of alkyl halides is 2. The van der Waals surface area contributed by atoms with Gasteiger partial charge in [0.2, 0.25) is 5.88 Å². The average molecular weight is 555 g/mol. The van der Waals surface area contributed by atoms with E-state index in [2.05, 4.69) is 20.3 Å². The maximum atomic E-state index is 13.0. The van der Waals surface area contributed by atoms with Gasteiger partial charge in [0.05, 0.1) is 59.5 Å². The van der Waals surface area contributed by atoms with Crippen LogP contribution in [0, 0.1) is 0 Å². The van der Waals surface area contributed by atoms with Gasteiger partial charge in [0.1, 0.15) is 5.69 Å². The highest BCUT2D eigenvalue weighted by molar-refractivity contribution is 7.92. The van der Waals surface area contributed by atoms with Crippen LogP contribution in [0.4, 0.5) is 8.78 Å². The number of pyridine rings is 3. The lowest BCUT2D eigenvalue weighted by molar-refractivity contribution is 0.0949. The van der Waals surface area contributed by atoms with Crippen LogP contribution in [-0.4, -0.2) is 48.2 Å². The number of halogens is 2. The predicted octanol–water partition coefficient (Wildman–Crippen LogP) is 4.26. The number of amides is 1. The summed E-state index contributed by atoms with van der Waals surface area (Å²) in [4.78, 5) is 25.8. The van der Waals surface area contributed by atoms with Crippen molar-refractivity contribution in [1.82, 2.24) is 20.3 Å². The van der Waals surface area contributed by atoms with Crippen LogP contribution in [0.5, 0.6) is 5.88 Å². The van der Waals surface area contributed by atoms with E-state index in [9.17, 15) is 22.0 Å². The van der Waals surface area contributed by atoms with E-state index < -0.39 is 33.1 Å². The van der Waals surface area contributed by atoms with Crippen LogP contribution in [0.25, 0.3) is 22.2 Å². The van der Waals surface area contributed by atoms with Crippen molar-refractivity contribution in [3.8, 4) is 17.1 Å². The standard InChI is InChI=1S/C27H24F2N4O5S/c1-15-13-38-14-18-4-3-16(9-24(18)39(15,35)36)26(34)31-12-19-10-23-17(11-30-19)5-7-21(32-23)20-6-8-22(25(28)29)33-27(20)37-2/h3-11,15,25H,12-14H2,1-2H3,(H,31,34)/t15-/m0/s1. The number of methoxy groups -OCH3 is 1. The molecule has 3 aromatic heterocycles. The number of ether oxygens (including phenoxy) is 2. The molecule has 1 atom stereocenters. The van der Waals surface area contributed by atoms with Crippen LogP contribution in [0.1, 0.15) is 40.7 Å². The Bertz CT molecular complexity index is 1680. The van der Waals surface area contributed by atoms with E-state index in [1.165, 1.54) is 25.3 Å². The summed E-state index contributed by atoms with van der Waals surface area (Å²) in [6.07, 6.45) is -1.12. The second-order valence-corrected chi connectivity index (χ2v) is 11.4. The quantitative estimate of drug-likeness (QED) is 0.375. The van der Waals surface area contributed by atoms with Crippen molar-refractivity contribution < 1.29 is 31.5 Å². The third-order valence-electron chi connectivity index (χ3n) is 6.41. The first-order chi connectivity index (χ1) is 18.7. The molecular weight excluding hydrogens is 530 g/mol. The van der Waals surface area contributed by atoms with Crippen LogP contribution in [-0.2, 0) is 27.7 Å². The van der Waals surface area contributed by atoms with Gasteiger partial charge in [0.25, 0.3) is 12.3 Å². The van der Waals surface area contributed by atoms with E-state index in [0.717, 1.165) is 5.39 Å². The molecule has 0 aliphatic carbocycles. The minimum Gasteiger partial charge on any atom is -0.480 e. The fourth-order valence-corrected chi connectivity index (χ4v) is 5.72. The van der Waals surface area contributed by atoms with Gasteiger partial charge in [-0.2, -0.15) is 0 Å². The molecule has 12 heteroatoms. The SMILES string of the molecule is COc1nc(C(F)F)ccc1-c1ccc2cnc(CNC(=O)c3ccc4c(c3)S(=O)(=O)[C@@H](C)COC4)cc2n1. The summed E-state index contributed by atoms with van der Waals surface area (Å²) in [5, 5.41) is 2.79. The number of hydrogen-bond acceptors (Lipinski definition) is 8. The largest absolute Gasteiger partial charge is 0.480 e. The summed E-state index contributed by atoms with van der Waals surface area (Å²) >= 11 is 0. The maximum absolute atomic E-state index is 13.0. The Morgan fingerprint density at radius 1 is 1.15 bits per heavy atom. The van der Waals surface area contributed by atoms with Gasteiger partial charge in [-0.3, -0.25) is 9.78 Å². The predicted molar refractivity (Wildman–Crippen MR) is 138 cm³/mol. The fraction of sp³-hybridized carbons (Fsp3) is 0.259. The summed E-state index contributed by atoms with van der Waals surface area (Å²) in [6, 6.07) is 12.4. The molecule has 4 heterocycles. The molecule has 9 nitrogen and oxygen atoms in total. The van der Waals surface area contributed by atoms with Crippen molar-refractivity contribution in [2.45, 2.75) is 36.6 Å². The topological polar surface area (TPSA) is 120 Å². The molecule has 202 valence electrons. The minimum atomic E-state index is -3.62. The van der Waals surface area contributed by atoms with Crippen molar-refractivity contribution >= 4 is 26.6 Å². The molecule has 39 heavy (non-hydrogen) atoms. The van der Waals surface area contributed by atoms with E-state index in [1.54, 1.807) is 43.5 Å². The van der Waals surface area contributed by atoms with Crippen LogP contribution < -0.4 is 10.1 Å². The second-order valence-electron chi connectivity index (χ2n) is 9.03. The second kappa shape index (κ2) is 10.6. The summed E-state index contributed by atoms with van der Waals surface area (Å²) in [5.74, 6) is -0.422. The van der Waals surface area contributed by atoms with Gasteiger partial charge in [-0.25, -0.2) is 27.2 Å². The Labute approximate surface area is 223 Å². The lowest BCUT2D eigenvalue weighted by atomic mass is 10.1. The normalized spacial score (nSPS) is 16.5. The Hall–Kier alpha value is -4.03. The van der Waals surface area contributed by atoms with Gasteiger partial charge in [-0.15, -0.1) is 0 Å². The smallest absolute Gasteiger partial charge is 0.280 e. The number of benzene rings is 1. The molecule has 0 radical (unpaired) electrons. The molecule has 4 aromatic rings. The van der Waals surface area contributed by atoms with Gasteiger partial charge in [0.15, 0.2) is 9.84 Å². The first-order valence-electron chi connectivity index (χ1n) is 12.0. The molecule has 0 bridgehead atoms. The lowest BCUT2D eigenvalue weighted by Gasteiger charge is -2.12. The number of hydrogen-bond donors (Lipinski definition) is 1. The Kier molecular flexibility index (Phi) is 7.23. The van der Waals surface area contributed by atoms with E-state index in [4.69, 9.17) is 9.47 Å². The molecule has 1 N–H and O–H groups in total. The number of rotatable bonds is 6. The van der Waals surface area contributed by atoms with Gasteiger partial charge in [-0.05, 0) is 55.0 Å².